The SMILES string of the molecule is CCCCC(Oc1ccc(C#N)cc1)N1CCCCC1. The van der Waals surface area contributed by atoms with Crippen molar-refractivity contribution in [2.24, 2.45) is 0 Å². The van der Waals surface area contributed by atoms with Crippen molar-refractivity contribution in [2.75, 3.05) is 13.1 Å². The summed E-state index contributed by atoms with van der Waals surface area (Å²) >= 11 is 0. The Morgan fingerprint density at radius 1 is 1.20 bits per heavy atom. The van der Waals surface area contributed by atoms with Gasteiger partial charge in [-0.3, -0.25) is 4.90 Å². The van der Waals surface area contributed by atoms with Gasteiger partial charge in [0.05, 0.1) is 11.6 Å². The van der Waals surface area contributed by atoms with E-state index < -0.39 is 0 Å². The van der Waals surface area contributed by atoms with Crippen LogP contribution >= 0.6 is 0 Å². The highest BCUT2D eigenvalue weighted by atomic mass is 16.5. The fourth-order valence-electron chi connectivity index (χ4n) is 2.67. The smallest absolute Gasteiger partial charge is 0.152 e. The summed E-state index contributed by atoms with van der Waals surface area (Å²) in [5, 5.41) is 8.83. The Kier molecular flexibility index (Phi) is 5.88. The molecule has 0 spiro atoms. The molecule has 1 aliphatic rings. The number of nitriles is 1. The average Bonchev–Trinajstić information content (AvgIpc) is 2.53. The maximum Gasteiger partial charge on any atom is 0.152 e. The van der Waals surface area contributed by atoms with E-state index in [1.165, 1.54) is 32.1 Å². The van der Waals surface area contributed by atoms with Crippen molar-refractivity contribution in [3.05, 3.63) is 29.8 Å². The lowest BCUT2D eigenvalue weighted by molar-refractivity contribution is 0.00503. The molecule has 0 bridgehead atoms. The third kappa shape index (κ3) is 4.25. The lowest BCUT2D eigenvalue weighted by atomic mass is 10.1. The van der Waals surface area contributed by atoms with Crippen LogP contribution in [0.5, 0.6) is 5.75 Å². The molecule has 1 aromatic carbocycles. The summed E-state index contributed by atoms with van der Waals surface area (Å²) in [4.78, 5) is 2.47. The van der Waals surface area contributed by atoms with Crippen LogP contribution < -0.4 is 4.74 Å². The lowest BCUT2D eigenvalue weighted by Gasteiger charge is -2.34. The predicted molar refractivity (Wildman–Crippen MR) is 80.5 cm³/mol. The van der Waals surface area contributed by atoms with Crippen LogP contribution in [0.25, 0.3) is 0 Å². The molecule has 1 aliphatic heterocycles. The Hall–Kier alpha value is -1.53. The van der Waals surface area contributed by atoms with E-state index in [0.29, 0.717) is 5.56 Å². The van der Waals surface area contributed by atoms with Gasteiger partial charge in [0.25, 0.3) is 0 Å². The largest absolute Gasteiger partial charge is 0.475 e. The van der Waals surface area contributed by atoms with Crippen LogP contribution in [0.15, 0.2) is 24.3 Å². The summed E-state index contributed by atoms with van der Waals surface area (Å²) < 4.78 is 6.17. The highest BCUT2D eigenvalue weighted by Gasteiger charge is 2.21. The Morgan fingerprint density at radius 3 is 2.50 bits per heavy atom. The minimum absolute atomic E-state index is 0.184. The van der Waals surface area contributed by atoms with Crippen molar-refractivity contribution in [3.63, 3.8) is 0 Å². The molecule has 0 N–H and O–H groups in total. The van der Waals surface area contributed by atoms with Crippen molar-refractivity contribution in [2.45, 2.75) is 51.7 Å². The molecule has 0 saturated carbocycles. The number of benzene rings is 1. The molecule has 0 aliphatic carbocycles. The number of hydrogen-bond donors (Lipinski definition) is 0. The van der Waals surface area contributed by atoms with Gasteiger partial charge in [-0.15, -0.1) is 0 Å². The molecule has 0 radical (unpaired) electrons. The van der Waals surface area contributed by atoms with Crippen LogP contribution in [0.2, 0.25) is 0 Å². The van der Waals surface area contributed by atoms with Crippen LogP contribution in [0.1, 0.15) is 51.0 Å². The zero-order valence-electron chi connectivity index (χ0n) is 12.3. The minimum atomic E-state index is 0.184. The van der Waals surface area contributed by atoms with Crippen LogP contribution in [0.4, 0.5) is 0 Å². The summed E-state index contributed by atoms with van der Waals surface area (Å²) in [5.74, 6) is 0.871. The minimum Gasteiger partial charge on any atom is -0.475 e. The summed E-state index contributed by atoms with van der Waals surface area (Å²) in [7, 11) is 0. The Morgan fingerprint density at radius 2 is 1.90 bits per heavy atom. The standard InChI is InChI=1S/C17H24N2O/c1-2-3-7-17(19-12-5-4-6-13-19)20-16-10-8-15(14-18)9-11-16/h8-11,17H,2-7,12-13H2,1H3. The number of unbranched alkanes of at least 4 members (excludes halogenated alkanes) is 1. The molecule has 0 aromatic heterocycles. The van der Waals surface area contributed by atoms with Crippen LogP contribution in [0.3, 0.4) is 0 Å². The highest BCUT2D eigenvalue weighted by molar-refractivity contribution is 5.34. The quantitative estimate of drug-likeness (QED) is 0.787. The van der Waals surface area contributed by atoms with Gasteiger partial charge in [-0.2, -0.15) is 5.26 Å². The van der Waals surface area contributed by atoms with E-state index in [-0.39, 0.29) is 6.23 Å². The summed E-state index contributed by atoms with van der Waals surface area (Å²) in [6.07, 6.45) is 7.55. The maximum atomic E-state index is 8.83. The molecular formula is C17H24N2O. The normalized spacial score (nSPS) is 17.4. The first-order chi connectivity index (χ1) is 9.83. The number of hydrogen-bond acceptors (Lipinski definition) is 3. The van der Waals surface area contributed by atoms with Gasteiger partial charge in [0.1, 0.15) is 5.75 Å². The van der Waals surface area contributed by atoms with E-state index in [4.69, 9.17) is 10.00 Å². The Labute approximate surface area is 122 Å². The molecule has 1 saturated heterocycles. The van der Waals surface area contributed by atoms with Crippen LogP contribution in [-0.2, 0) is 0 Å². The second-order valence-corrected chi connectivity index (χ2v) is 5.45. The Bertz CT molecular complexity index is 429. The highest BCUT2D eigenvalue weighted by Crippen LogP contribution is 2.21. The molecule has 20 heavy (non-hydrogen) atoms. The van der Waals surface area contributed by atoms with Gasteiger partial charge in [0, 0.05) is 13.1 Å². The predicted octanol–water partition coefficient (Wildman–Crippen LogP) is 3.94. The molecule has 1 atom stereocenters. The molecule has 108 valence electrons. The Balaban J connectivity index is 1.99. The van der Waals surface area contributed by atoms with Gasteiger partial charge >= 0.3 is 0 Å². The maximum absolute atomic E-state index is 8.83. The average molecular weight is 272 g/mol. The van der Waals surface area contributed by atoms with E-state index in [0.717, 1.165) is 25.3 Å². The zero-order chi connectivity index (χ0) is 14.2. The fourth-order valence-corrected chi connectivity index (χ4v) is 2.67. The molecule has 1 heterocycles. The third-order valence-electron chi connectivity index (χ3n) is 3.86. The van der Waals surface area contributed by atoms with Crippen molar-refractivity contribution in [1.29, 1.82) is 5.26 Å². The van der Waals surface area contributed by atoms with Crippen LogP contribution in [0, 0.1) is 11.3 Å². The molecule has 1 aromatic rings. The van der Waals surface area contributed by atoms with Crippen molar-refractivity contribution < 1.29 is 4.74 Å². The van der Waals surface area contributed by atoms with Crippen LogP contribution in [-0.4, -0.2) is 24.2 Å². The topological polar surface area (TPSA) is 36.3 Å². The molecule has 1 unspecified atom stereocenters. The summed E-state index contributed by atoms with van der Waals surface area (Å²) in [5.41, 5.74) is 0.681. The molecule has 2 rings (SSSR count). The van der Waals surface area contributed by atoms with Gasteiger partial charge in [-0.1, -0.05) is 19.8 Å². The van der Waals surface area contributed by atoms with Gasteiger partial charge in [-0.25, -0.2) is 0 Å². The van der Waals surface area contributed by atoms with Gasteiger partial charge < -0.3 is 4.74 Å². The lowest BCUT2D eigenvalue weighted by Crippen LogP contribution is -2.42. The second-order valence-electron chi connectivity index (χ2n) is 5.45. The molecule has 1 fully saturated rings. The van der Waals surface area contributed by atoms with Gasteiger partial charge in [0.15, 0.2) is 6.23 Å². The zero-order valence-corrected chi connectivity index (χ0v) is 12.3. The monoisotopic (exact) mass is 272 g/mol. The van der Waals surface area contributed by atoms with Crippen molar-refractivity contribution in [1.82, 2.24) is 4.90 Å². The van der Waals surface area contributed by atoms with E-state index >= 15 is 0 Å². The van der Waals surface area contributed by atoms with Crippen molar-refractivity contribution >= 4 is 0 Å². The van der Waals surface area contributed by atoms with Gasteiger partial charge in [-0.05, 0) is 49.9 Å². The van der Waals surface area contributed by atoms with E-state index in [1.807, 2.05) is 24.3 Å². The first-order valence-electron chi connectivity index (χ1n) is 7.74. The number of likely N-dealkylation sites (tertiary alicyclic amines) is 1. The van der Waals surface area contributed by atoms with E-state index in [9.17, 15) is 0 Å². The fraction of sp³-hybridized carbons (Fsp3) is 0.588. The number of nitrogens with zero attached hydrogens (tertiary/aromatic N) is 2. The molecule has 0 amide bonds. The summed E-state index contributed by atoms with van der Waals surface area (Å²) in [6.45, 7) is 4.50. The second kappa shape index (κ2) is 7.91. The molecule has 3 heteroatoms. The number of rotatable bonds is 6. The first-order valence-corrected chi connectivity index (χ1v) is 7.74. The van der Waals surface area contributed by atoms with Crippen molar-refractivity contribution in [3.8, 4) is 11.8 Å². The van der Waals surface area contributed by atoms with Gasteiger partial charge in [0.2, 0.25) is 0 Å². The first kappa shape index (κ1) is 14.9. The van der Waals surface area contributed by atoms with E-state index in [2.05, 4.69) is 17.9 Å². The summed E-state index contributed by atoms with van der Waals surface area (Å²) in [6, 6.07) is 9.59. The molecular weight excluding hydrogens is 248 g/mol. The number of piperidine rings is 1. The molecule has 3 nitrogen and oxygen atoms in total. The third-order valence-corrected chi connectivity index (χ3v) is 3.86. The van der Waals surface area contributed by atoms with E-state index in [1.54, 1.807) is 0 Å². The number of ether oxygens (including phenoxy) is 1.